The van der Waals surface area contributed by atoms with Gasteiger partial charge in [0.2, 0.25) is 5.96 Å². The molecule has 2 aromatic rings. The zero-order chi connectivity index (χ0) is 20.6. The third-order valence-electron chi connectivity index (χ3n) is 4.37. The normalized spacial score (nSPS) is 12.6. The van der Waals surface area contributed by atoms with Gasteiger partial charge in [-0.15, -0.1) is 5.10 Å². The topological polar surface area (TPSA) is 114 Å². The average molecular weight is 387 g/mol. The summed E-state index contributed by atoms with van der Waals surface area (Å²) in [4.78, 5) is 25.9. The molecule has 0 unspecified atom stereocenters. The molecule has 0 saturated heterocycles. The minimum absolute atomic E-state index is 0.108. The highest BCUT2D eigenvalue weighted by atomic mass is 16.2. The van der Waals surface area contributed by atoms with Gasteiger partial charge in [-0.1, -0.05) is 42.2 Å². The van der Waals surface area contributed by atoms with Crippen molar-refractivity contribution in [3.05, 3.63) is 70.8 Å². The Bertz CT molecular complexity index is 1010. The Balaban J connectivity index is 1.51. The first-order chi connectivity index (χ1) is 14.1. The van der Waals surface area contributed by atoms with E-state index in [9.17, 15) is 9.59 Å². The van der Waals surface area contributed by atoms with Crippen molar-refractivity contribution in [3.63, 3.8) is 0 Å². The summed E-state index contributed by atoms with van der Waals surface area (Å²) < 4.78 is 0. The highest BCUT2D eigenvalue weighted by molar-refractivity contribution is 6.21. The lowest BCUT2D eigenvalue weighted by Crippen LogP contribution is -2.30. The van der Waals surface area contributed by atoms with Gasteiger partial charge in [0.1, 0.15) is 0 Å². The fourth-order valence-electron chi connectivity index (χ4n) is 2.96. The number of carbonyl (C=O) groups excluding carboxylic acids is 2. The highest BCUT2D eigenvalue weighted by Gasteiger charge is 2.34. The molecular weight excluding hydrogens is 366 g/mol. The number of guanidine groups is 1. The van der Waals surface area contributed by atoms with E-state index in [2.05, 4.69) is 22.0 Å². The third kappa shape index (κ3) is 4.87. The number of amides is 2. The molecule has 3 rings (SSSR count). The van der Waals surface area contributed by atoms with Gasteiger partial charge in [-0.25, -0.2) is 0 Å². The predicted octanol–water partition coefficient (Wildman–Crippen LogP) is 2.11. The number of fused-ring (bicyclic) bond motifs is 1. The third-order valence-corrected chi connectivity index (χ3v) is 4.37. The Labute approximate surface area is 169 Å². The van der Waals surface area contributed by atoms with Crippen molar-refractivity contribution in [1.29, 1.82) is 0 Å². The van der Waals surface area contributed by atoms with Crippen LogP contribution in [0, 0.1) is 11.8 Å². The first kappa shape index (κ1) is 19.8. The van der Waals surface area contributed by atoms with Crippen LogP contribution in [0.2, 0.25) is 0 Å². The van der Waals surface area contributed by atoms with Crippen molar-refractivity contribution in [3.8, 4) is 11.8 Å². The van der Waals surface area contributed by atoms with Gasteiger partial charge in [0.15, 0.2) is 0 Å². The van der Waals surface area contributed by atoms with Crippen molar-refractivity contribution in [2.75, 3.05) is 6.54 Å². The molecule has 2 amide bonds. The first-order valence-corrected chi connectivity index (χ1v) is 9.23. The van der Waals surface area contributed by atoms with Crippen LogP contribution in [0.1, 0.15) is 51.1 Å². The fraction of sp³-hybridized carbons (Fsp3) is 0.182. The van der Waals surface area contributed by atoms with Crippen LogP contribution in [-0.2, 0) is 0 Å². The number of unbranched alkanes of at least 4 members (excludes halogenated alkanes) is 2. The molecule has 7 nitrogen and oxygen atoms in total. The van der Waals surface area contributed by atoms with E-state index in [-0.39, 0.29) is 17.8 Å². The van der Waals surface area contributed by atoms with Gasteiger partial charge in [0.05, 0.1) is 17.3 Å². The van der Waals surface area contributed by atoms with Crippen LogP contribution < -0.4 is 11.5 Å². The van der Waals surface area contributed by atoms with Gasteiger partial charge >= 0.3 is 0 Å². The first-order valence-electron chi connectivity index (χ1n) is 9.23. The highest BCUT2D eigenvalue weighted by Crippen LogP contribution is 2.22. The predicted molar refractivity (Wildman–Crippen MR) is 112 cm³/mol. The van der Waals surface area contributed by atoms with E-state index in [1.54, 1.807) is 30.5 Å². The number of benzene rings is 2. The zero-order valence-electron chi connectivity index (χ0n) is 15.8. The van der Waals surface area contributed by atoms with E-state index >= 15 is 0 Å². The van der Waals surface area contributed by atoms with E-state index < -0.39 is 0 Å². The summed E-state index contributed by atoms with van der Waals surface area (Å²) in [6.45, 7) is 0.399. The van der Waals surface area contributed by atoms with Gasteiger partial charge in [-0.05, 0) is 31.0 Å². The largest absolute Gasteiger partial charge is 0.369 e. The summed E-state index contributed by atoms with van der Waals surface area (Å²) in [5.74, 6) is 5.69. The number of nitrogens with zero attached hydrogens (tertiary/aromatic N) is 3. The molecular formula is C22H21N5O2. The summed E-state index contributed by atoms with van der Waals surface area (Å²) in [6.07, 6.45) is 3.69. The van der Waals surface area contributed by atoms with Crippen LogP contribution >= 0.6 is 0 Å². The van der Waals surface area contributed by atoms with Crippen LogP contribution in [0.25, 0.3) is 0 Å². The summed E-state index contributed by atoms with van der Waals surface area (Å²) in [7, 11) is 0. The minimum Gasteiger partial charge on any atom is -0.369 e. The van der Waals surface area contributed by atoms with E-state index in [1.807, 2.05) is 24.3 Å². The van der Waals surface area contributed by atoms with Gasteiger partial charge in [0, 0.05) is 24.1 Å². The Hall–Kier alpha value is -3.92. The Morgan fingerprint density at radius 1 is 0.966 bits per heavy atom. The molecule has 0 spiro atoms. The Kier molecular flexibility index (Phi) is 6.38. The number of rotatable bonds is 6. The average Bonchev–Trinajstić information content (AvgIpc) is 2.96. The Morgan fingerprint density at radius 2 is 1.62 bits per heavy atom. The minimum atomic E-state index is -0.217. The van der Waals surface area contributed by atoms with Crippen molar-refractivity contribution >= 4 is 24.0 Å². The van der Waals surface area contributed by atoms with Crippen molar-refractivity contribution in [2.45, 2.75) is 19.3 Å². The maximum atomic E-state index is 12.3. The number of hydrogen-bond donors (Lipinski definition) is 2. The quantitative estimate of drug-likeness (QED) is 0.197. The fourth-order valence-corrected chi connectivity index (χ4v) is 2.96. The summed E-state index contributed by atoms with van der Waals surface area (Å²) >= 11 is 0. The van der Waals surface area contributed by atoms with Gasteiger partial charge in [-0.2, -0.15) is 5.10 Å². The maximum Gasteiger partial charge on any atom is 0.261 e. The molecule has 1 aliphatic rings. The second-order valence-electron chi connectivity index (χ2n) is 6.42. The lowest BCUT2D eigenvalue weighted by atomic mass is 10.1. The van der Waals surface area contributed by atoms with E-state index in [0.29, 0.717) is 30.5 Å². The standard InChI is InChI=1S/C22H21N5O2/c23-22(24)26-25-15-17-11-5-4-10-16(17)9-3-1-2-8-14-27-20(28)18-12-6-7-13-19(18)21(27)29/h4-7,10-13,15H,1-2,8,14H2,(H4,23,24,26). The number of imide groups is 1. The van der Waals surface area contributed by atoms with E-state index in [0.717, 1.165) is 17.5 Å². The zero-order valence-corrected chi connectivity index (χ0v) is 15.8. The van der Waals surface area contributed by atoms with Crippen LogP contribution in [-0.4, -0.2) is 35.4 Å². The van der Waals surface area contributed by atoms with Crippen LogP contribution in [0.3, 0.4) is 0 Å². The summed E-state index contributed by atoms with van der Waals surface area (Å²) in [6, 6.07) is 14.4. The van der Waals surface area contributed by atoms with E-state index in [1.165, 1.54) is 4.90 Å². The molecule has 0 saturated carbocycles. The van der Waals surface area contributed by atoms with Gasteiger partial charge < -0.3 is 11.5 Å². The summed E-state index contributed by atoms with van der Waals surface area (Å²) in [5, 5.41) is 7.39. The van der Waals surface area contributed by atoms with Crippen LogP contribution in [0.15, 0.2) is 58.7 Å². The van der Waals surface area contributed by atoms with Gasteiger partial charge in [-0.3, -0.25) is 14.5 Å². The number of hydrogen-bond acceptors (Lipinski definition) is 4. The molecule has 0 aromatic heterocycles. The second-order valence-corrected chi connectivity index (χ2v) is 6.42. The van der Waals surface area contributed by atoms with Crippen molar-refractivity contribution in [1.82, 2.24) is 4.90 Å². The molecule has 2 aromatic carbocycles. The molecule has 0 radical (unpaired) electrons. The molecule has 0 bridgehead atoms. The summed E-state index contributed by atoms with van der Waals surface area (Å²) in [5.41, 5.74) is 13.1. The number of carbonyl (C=O) groups is 2. The molecule has 146 valence electrons. The van der Waals surface area contributed by atoms with Crippen LogP contribution in [0.4, 0.5) is 0 Å². The van der Waals surface area contributed by atoms with E-state index in [4.69, 9.17) is 11.5 Å². The SMILES string of the molecule is NC(N)=NN=Cc1ccccc1C#CCCCCN1C(=O)c2ccccc2C1=O. The molecule has 29 heavy (non-hydrogen) atoms. The smallest absolute Gasteiger partial charge is 0.261 e. The number of nitrogens with two attached hydrogens (primary N) is 2. The molecule has 0 fully saturated rings. The second kappa shape index (κ2) is 9.33. The lowest BCUT2D eigenvalue weighted by molar-refractivity contribution is 0.0652. The lowest BCUT2D eigenvalue weighted by Gasteiger charge is -2.12. The molecule has 4 N–H and O–H groups in total. The van der Waals surface area contributed by atoms with Gasteiger partial charge in [0.25, 0.3) is 11.8 Å². The molecule has 0 atom stereocenters. The molecule has 7 heteroatoms. The van der Waals surface area contributed by atoms with Crippen molar-refractivity contribution < 1.29 is 9.59 Å². The van der Waals surface area contributed by atoms with Crippen LogP contribution in [0.5, 0.6) is 0 Å². The molecule has 0 aliphatic carbocycles. The monoisotopic (exact) mass is 387 g/mol. The maximum absolute atomic E-state index is 12.3. The molecule has 1 aliphatic heterocycles. The Morgan fingerprint density at radius 3 is 2.31 bits per heavy atom. The van der Waals surface area contributed by atoms with Crippen molar-refractivity contribution in [2.24, 2.45) is 21.7 Å². The molecule has 1 heterocycles.